The Balaban J connectivity index is 2.32. The average Bonchev–Trinajstić information content (AvgIpc) is 2.49. The van der Waals surface area contributed by atoms with E-state index in [-0.39, 0.29) is 0 Å². The van der Waals surface area contributed by atoms with Gasteiger partial charge in [0, 0.05) is 31.6 Å². The van der Waals surface area contributed by atoms with Crippen molar-refractivity contribution in [3.63, 3.8) is 0 Å². The highest BCUT2D eigenvalue weighted by Gasteiger charge is 2.14. The van der Waals surface area contributed by atoms with Crippen molar-refractivity contribution in [1.29, 1.82) is 0 Å². The Hall–Kier alpha value is -1.41. The van der Waals surface area contributed by atoms with Crippen LogP contribution >= 0.6 is 35.8 Å². The Labute approximate surface area is 139 Å². The van der Waals surface area contributed by atoms with E-state index >= 15 is 0 Å². The van der Waals surface area contributed by atoms with Crippen molar-refractivity contribution in [3.8, 4) is 22.3 Å². The maximum atomic E-state index is 6.36. The Morgan fingerprint density at radius 1 is 0.571 bits per heavy atom. The summed E-state index contributed by atoms with van der Waals surface area (Å²) in [6.07, 6.45) is 0. The van der Waals surface area contributed by atoms with Crippen molar-refractivity contribution in [1.82, 2.24) is 0 Å². The van der Waals surface area contributed by atoms with Gasteiger partial charge in [-0.15, -0.1) is 12.6 Å². The first-order valence-corrected chi connectivity index (χ1v) is 7.70. The second-order valence-electron chi connectivity index (χ2n) is 4.66. The van der Waals surface area contributed by atoms with Gasteiger partial charge in [-0.25, -0.2) is 0 Å². The van der Waals surface area contributed by atoms with Gasteiger partial charge in [0.1, 0.15) is 0 Å². The van der Waals surface area contributed by atoms with E-state index in [0.717, 1.165) is 27.1 Å². The van der Waals surface area contributed by atoms with Crippen molar-refractivity contribution in [2.45, 2.75) is 4.90 Å². The molecule has 0 aliphatic rings. The fourth-order valence-electron chi connectivity index (χ4n) is 2.39. The molecule has 0 N–H and O–H groups in total. The van der Waals surface area contributed by atoms with Crippen molar-refractivity contribution >= 4 is 35.8 Å². The summed E-state index contributed by atoms with van der Waals surface area (Å²) in [4.78, 5) is 0.875. The number of thiol groups is 1. The number of rotatable bonds is 2. The first-order chi connectivity index (χ1) is 10.2. The minimum Gasteiger partial charge on any atom is -0.143 e. The lowest BCUT2D eigenvalue weighted by atomic mass is 9.94. The quantitative estimate of drug-likeness (QED) is 0.501. The molecule has 0 spiro atoms. The van der Waals surface area contributed by atoms with Crippen LogP contribution in [0.15, 0.2) is 71.6 Å². The fourth-order valence-corrected chi connectivity index (χ4v) is 3.19. The number of halogens is 2. The zero-order chi connectivity index (χ0) is 14.8. The van der Waals surface area contributed by atoms with Gasteiger partial charge in [-0.05, 0) is 23.8 Å². The first kappa shape index (κ1) is 14.5. The van der Waals surface area contributed by atoms with E-state index in [9.17, 15) is 0 Å². The normalized spacial score (nSPS) is 10.6. The molecule has 0 bridgehead atoms. The first-order valence-electron chi connectivity index (χ1n) is 6.50. The summed E-state index contributed by atoms with van der Waals surface area (Å²) in [6.45, 7) is 0. The third-order valence-corrected chi connectivity index (χ3v) is 4.38. The molecule has 0 aromatic heterocycles. The SMILES string of the molecule is Sc1cccc(-c2ccccc2Cl)c1-c1ccccc1Cl. The highest BCUT2D eigenvalue weighted by atomic mass is 35.5. The maximum Gasteiger partial charge on any atom is 0.0485 e. The molecule has 0 amide bonds. The van der Waals surface area contributed by atoms with Gasteiger partial charge in [-0.2, -0.15) is 0 Å². The molecule has 104 valence electrons. The van der Waals surface area contributed by atoms with Gasteiger partial charge in [0.15, 0.2) is 0 Å². The van der Waals surface area contributed by atoms with E-state index in [1.165, 1.54) is 0 Å². The molecule has 0 atom stereocenters. The predicted octanol–water partition coefficient (Wildman–Crippen LogP) is 6.62. The highest BCUT2D eigenvalue weighted by Crippen LogP contribution is 2.41. The predicted molar refractivity (Wildman–Crippen MR) is 94.6 cm³/mol. The number of benzene rings is 3. The topological polar surface area (TPSA) is 0 Å². The van der Waals surface area contributed by atoms with Crippen LogP contribution in [0.2, 0.25) is 10.0 Å². The van der Waals surface area contributed by atoms with Gasteiger partial charge >= 0.3 is 0 Å². The smallest absolute Gasteiger partial charge is 0.0485 e. The molecule has 0 aliphatic heterocycles. The van der Waals surface area contributed by atoms with Gasteiger partial charge in [0.25, 0.3) is 0 Å². The van der Waals surface area contributed by atoms with E-state index in [4.69, 9.17) is 23.2 Å². The van der Waals surface area contributed by atoms with Crippen LogP contribution in [-0.4, -0.2) is 0 Å². The minimum absolute atomic E-state index is 0.701. The van der Waals surface area contributed by atoms with Gasteiger partial charge in [0.05, 0.1) is 0 Å². The summed E-state index contributed by atoms with van der Waals surface area (Å²) in [5, 5.41) is 1.41. The van der Waals surface area contributed by atoms with Crippen LogP contribution in [0.4, 0.5) is 0 Å². The molecule has 0 unspecified atom stereocenters. The van der Waals surface area contributed by atoms with Gasteiger partial charge in [-0.1, -0.05) is 71.7 Å². The molecule has 0 radical (unpaired) electrons. The monoisotopic (exact) mass is 330 g/mol. The van der Waals surface area contributed by atoms with E-state index < -0.39 is 0 Å². The van der Waals surface area contributed by atoms with Crippen LogP contribution in [0, 0.1) is 0 Å². The summed E-state index contributed by atoms with van der Waals surface area (Å²) in [5.41, 5.74) is 3.96. The van der Waals surface area contributed by atoms with Crippen LogP contribution in [0.3, 0.4) is 0 Å². The van der Waals surface area contributed by atoms with E-state index in [2.05, 4.69) is 12.6 Å². The third kappa shape index (κ3) is 2.82. The lowest BCUT2D eigenvalue weighted by molar-refractivity contribution is 1.45. The van der Waals surface area contributed by atoms with E-state index in [1.54, 1.807) is 0 Å². The zero-order valence-corrected chi connectivity index (χ0v) is 13.5. The summed E-state index contributed by atoms with van der Waals surface area (Å²) in [7, 11) is 0. The summed E-state index contributed by atoms with van der Waals surface area (Å²) in [5.74, 6) is 0. The van der Waals surface area contributed by atoms with Crippen LogP contribution < -0.4 is 0 Å². The molecule has 0 fully saturated rings. The Morgan fingerprint density at radius 3 is 1.71 bits per heavy atom. The Kier molecular flexibility index (Phi) is 4.25. The second-order valence-corrected chi connectivity index (χ2v) is 5.96. The standard InChI is InChI=1S/C18H12Cl2S/c19-15-9-3-1-6-12(15)13-8-5-11-17(21)18(13)14-7-2-4-10-16(14)20/h1-11,21H. The fraction of sp³-hybridized carbons (Fsp3) is 0. The lowest BCUT2D eigenvalue weighted by Crippen LogP contribution is -1.89. The third-order valence-electron chi connectivity index (χ3n) is 3.35. The number of hydrogen-bond donors (Lipinski definition) is 1. The minimum atomic E-state index is 0.701. The molecule has 0 nitrogen and oxygen atoms in total. The zero-order valence-electron chi connectivity index (χ0n) is 11.1. The molecule has 3 aromatic carbocycles. The molecule has 3 aromatic rings. The van der Waals surface area contributed by atoms with Crippen molar-refractivity contribution in [2.75, 3.05) is 0 Å². The van der Waals surface area contributed by atoms with Crippen molar-refractivity contribution in [2.24, 2.45) is 0 Å². The van der Waals surface area contributed by atoms with Crippen molar-refractivity contribution in [3.05, 3.63) is 76.8 Å². The summed E-state index contributed by atoms with van der Waals surface area (Å²) >= 11 is 17.3. The molecule has 21 heavy (non-hydrogen) atoms. The van der Waals surface area contributed by atoms with Crippen LogP contribution in [-0.2, 0) is 0 Å². The van der Waals surface area contributed by atoms with Crippen LogP contribution in [0.1, 0.15) is 0 Å². The number of hydrogen-bond acceptors (Lipinski definition) is 1. The van der Waals surface area contributed by atoms with E-state index in [0.29, 0.717) is 10.0 Å². The molecule has 0 saturated carbocycles. The Morgan fingerprint density at radius 2 is 1.10 bits per heavy atom. The maximum absolute atomic E-state index is 6.36. The van der Waals surface area contributed by atoms with Gasteiger partial charge in [-0.3, -0.25) is 0 Å². The van der Waals surface area contributed by atoms with Crippen LogP contribution in [0.25, 0.3) is 22.3 Å². The largest absolute Gasteiger partial charge is 0.143 e. The molecule has 3 rings (SSSR count). The van der Waals surface area contributed by atoms with Crippen molar-refractivity contribution < 1.29 is 0 Å². The second kappa shape index (κ2) is 6.15. The van der Waals surface area contributed by atoms with Gasteiger partial charge < -0.3 is 0 Å². The van der Waals surface area contributed by atoms with E-state index in [1.807, 2.05) is 66.7 Å². The average molecular weight is 331 g/mol. The summed E-state index contributed by atoms with van der Waals surface area (Å²) in [6, 6.07) is 21.5. The summed E-state index contributed by atoms with van der Waals surface area (Å²) < 4.78 is 0. The highest BCUT2D eigenvalue weighted by molar-refractivity contribution is 7.80. The molecular weight excluding hydrogens is 319 g/mol. The van der Waals surface area contributed by atoms with Crippen LogP contribution in [0.5, 0.6) is 0 Å². The lowest BCUT2D eigenvalue weighted by Gasteiger charge is -2.15. The molecule has 0 saturated heterocycles. The molecule has 3 heteroatoms. The molecule has 0 heterocycles. The van der Waals surface area contributed by atoms with Gasteiger partial charge in [0.2, 0.25) is 0 Å². The molecule has 0 aliphatic carbocycles. The Bertz CT molecular complexity index is 797. The molecular formula is C18H12Cl2S.